The summed E-state index contributed by atoms with van der Waals surface area (Å²) in [7, 11) is 2.17. The van der Waals surface area contributed by atoms with E-state index >= 15 is 0 Å². The summed E-state index contributed by atoms with van der Waals surface area (Å²) >= 11 is 4.86. The Morgan fingerprint density at radius 2 is 2.00 bits per heavy atom. The Morgan fingerprint density at radius 3 is 2.73 bits per heavy atom. The van der Waals surface area contributed by atoms with Gasteiger partial charge in [-0.05, 0) is 43.5 Å². The van der Waals surface area contributed by atoms with E-state index in [9.17, 15) is 0 Å². The van der Waals surface area contributed by atoms with Crippen LogP contribution in [0.15, 0.2) is 30.3 Å². The predicted molar refractivity (Wildman–Crippen MR) is 94.9 cm³/mol. The number of hydrogen-bond donors (Lipinski definition) is 2. The summed E-state index contributed by atoms with van der Waals surface area (Å²) in [6.07, 6.45) is 0. The number of aromatic nitrogens is 1. The molecule has 0 unspecified atom stereocenters. The molecule has 1 saturated heterocycles. The molecule has 0 bridgehead atoms. The van der Waals surface area contributed by atoms with Gasteiger partial charge in [-0.1, -0.05) is 6.07 Å². The Morgan fingerprint density at radius 1 is 1.23 bits per heavy atom. The number of anilines is 1. The van der Waals surface area contributed by atoms with Crippen LogP contribution in [-0.2, 0) is 6.54 Å². The Labute approximate surface area is 136 Å². The number of piperazine rings is 1. The minimum atomic E-state index is 0.277. The van der Waals surface area contributed by atoms with Crippen molar-refractivity contribution in [2.75, 3.05) is 38.5 Å². The molecule has 1 aromatic heterocycles. The summed E-state index contributed by atoms with van der Waals surface area (Å²) in [5.74, 6) is 0. The largest absolute Gasteiger partial charge is 0.376 e. The molecule has 0 amide bonds. The molecule has 1 aliphatic heterocycles. The second-order valence-electron chi connectivity index (χ2n) is 5.78. The van der Waals surface area contributed by atoms with Crippen LogP contribution in [0.3, 0.4) is 0 Å². The molecule has 116 valence electrons. The van der Waals surface area contributed by atoms with Crippen LogP contribution in [-0.4, -0.2) is 53.1 Å². The SMILES string of the molecule is CN1CCN(Cc2ccc3cc(NC(N)=S)ccc3n2)CC1. The van der Waals surface area contributed by atoms with Crippen molar-refractivity contribution in [1.29, 1.82) is 0 Å². The van der Waals surface area contributed by atoms with Crippen molar-refractivity contribution in [2.45, 2.75) is 6.54 Å². The van der Waals surface area contributed by atoms with Gasteiger partial charge in [0, 0.05) is 43.8 Å². The average molecular weight is 315 g/mol. The van der Waals surface area contributed by atoms with E-state index in [4.69, 9.17) is 22.9 Å². The van der Waals surface area contributed by atoms with Crippen LogP contribution in [0, 0.1) is 0 Å². The number of rotatable bonds is 3. The number of nitrogens with two attached hydrogens (primary N) is 1. The first kappa shape index (κ1) is 15.1. The van der Waals surface area contributed by atoms with Crippen molar-refractivity contribution in [3.63, 3.8) is 0 Å². The van der Waals surface area contributed by atoms with Gasteiger partial charge in [-0.3, -0.25) is 9.88 Å². The van der Waals surface area contributed by atoms with Gasteiger partial charge in [0.05, 0.1) is 11.2 Å². The molecule has 0 spiro atoms. The molecule has 22 heavy (non-hydrogen) atoms. The summed E-state index contributed by atoms with van der Waals surface area (Å²) < 4.78 is 0. The number of nitrogens with zero attached hydrogens (tertiary/aromatic N) is 3. The third-order valence-electron chi connectivity index (χ3n) is 4.00. The van der Waals surface area contributed by atoms with Gasteiger partial charge in [-0.15, -0.1) is 0 Å². The number of thiocarbonyl (C=S) groups is 1. The molecule has 2 heterocycles. The maximum atomic E-state index is 5.50. The first-order chi connectivity index (χ1) is 10.6. The van der Waals surface area contributed by atoms with Crippen LogP contribution in [0.2, 0.25) is 0 Å². The summed E-state index contributed by atoms with van der Waals surface area (Å²) in [6, 6.07) is 10.2. The molecule has 1 fully saturated rings. The Kier molecular flexibility index (Phi) is 4.52. The fraction of sp³-hybridized carbons (Fsp3) is 0.375. The summed E-state index contributed by atoms with van der Waals surface area (Å²) in [5, 5.41) is 4.31. The van der Waals surface area contributed by atoms with E-state index in [0.29, 0.717) is 0 Å². The van der Waals surface area contributed by atoms with Crippen LogP contribution in [0.1, 0.15) is 5.69 Å². The maximum absolute atomic E-state index is 5.50. The van der Waals surface area contributed by atoms with Gasteiger partial charge in [0.2, 0.25) is 0 Å². The zero-order valence-electron chi connectivity index (χ0n) is 12.7. The zero-order valence-corrected chi connectivity index (χ0v) is 13.6. The third-order valence-corrected chi connectivity index (χ3v) is 4.10. The molecule has 0 saturated carbocycles. The molecule has 0 aliphatic carbocycles. The highest BCUT2D eigenvalue weighted by molar-refractivity contribution is 7.80. The molecule has 0 atom stereocenters. The van der Waals surface area contributed by atoms with E-state index in [1.807, 2.05) is 18.2 Å². The van der Waals surface area contributed by atoms with Gasteiger partial charge in [0.25, 0.3) is 0 Å². The van der Waals surface area contributed by atoms with Crippen LogP contribution in [0.5, 0.6) is 0 Å². The van der Waals surface area contributed by atoms with Gasteiger partial charge in [0.15, 0.2) is 5.11 Å². The van der Waals surface area contributed by atoms with Crippen LogP contribution < -0.4 is 11.1 Å². The van der Waals surface area contributed by atoms with Crippen molar-refractivity contribution in [1.82, 2.24) is 14.8 Å². The van der Waals surface area contributed by atoms with Crippen molar-refractivity contribution in [3.05, 3.63) is 36.0 Å². The third kappa shape index (κ3) is 3.71. The Balaban J connectivity index is 1.74. The first-order valence-corrected chi connectivity index (χ1v) is 7.88. The zero-order chi connectivity index (χ0) is 15.5. The van der Waals surface area contributed by atoms with Crippen molar-refractivity contribution in [3.8, 4) is 0 Å². The van der Waals surface area contributed by atoms with Gasteiger partial charge >= 0.3 is 0 Å². The number of pyridine rings is 1. The highest BCUT2D eigenvalue weighted by Crippen LogP contribution is 2.19. The molecular weight excluding hydrogens is 294 g/mol. The van der Waals surface area contributed by atoms with Gasteiger partial charge in [-0.2, -0.15) is 0 Å². The Bertz CT molecular complexity index is 679. The summed E-state index contributed by atoms with van der Waals surface area (Å²) in [6.45, 7) is 5.37. The van der Waals surface area contributed by atoms with Crippen molar-refractivity contribution in [2.24, 2.45) is 5.73 Å². The van der Waals surface area contributed by atoms with E-state index in [1.54, 1.807) is 0 Å². The second kappa shape index (κ2) is 6.56. The van der Waals surface area contributed by atoms with Crippen LogP contribution in [0.4, 0.5) is 5.69 Å². The van der Waals surface area contributed by atoms with Gasteiger partial charge < -0.3 is 16.0 Å². The Hall–Kier alpha value is -1.76. The normalized spacial score (nSPS) is 16.8. The highest BCUT2D eigenvalue weighted by Gasteiger charge is 2.14. The topological polar surface area (TPSA) is 57.4 Å². The molecule has 3 rings (SSSR count). The van der Waals surface area contributed by atoms with Crippen LogP contribution in [0.25, 0.3) is 10.9 Å². The van der Waals surface area contributed by atoms with E-state index < -0.39 is 0 Å². The smallest absolute Gasteiger partial charge is 0.168 e. The molecule has 3 N–H and O–H groups in total. The average Bonchev–Trinajstić information content (AvgIpc) is 2.49. The quantitative estimate of drug-likeness (QED) is 0.840. The number of fused-ring (bicyclic) bond motifs is 1. The molecule has 6 heteroatoms. The molecule has 5 nitrogen and oxygen atoms in total. The molecule has 1 aliphatic rings. The maximum Gasteiger partial charge on any atom is 0.168 e. The number of nitrogens with one attached hydrogen (secondary N) is 1. The minimum absolute atomic E-state index is 0.277. The monoisotopic (exact) mass is 315 g/mol. The summed E-state index contributed by atoms with van der Waals surface area (Å²) in [4.78, 5) is 9.58. The number of benzene rings is 1. The van der Waals surface area contributed by atoms with Crippen molar-refractivity contribution < 1.29 is 0 Å². The van der Waals surface area contributed by atoms with E-state index in [2.05, 4.69) is 34.3 Å². The lowest BCUT2D eigenvalue weighted by Crippen LogP contribution is -2.43. The van der Waals surface area contributed by atoms with Crippen molar-refractivity contribution >= 4 is 33.9 Å². The molecular formula is C16H21N5S. The van der Waals surface area contributed by atoms with Crippen LogP contribution >= 0.6 is 12.2 Å². The number of hydrogen-bond acceptors (Lipinski definition) is 4. The van der Waals surface area contributed by atoms with E-state index in [-0.39, 0.29) is 5.11 Å². The lowest BCUT2D eigenvalue weighted by atomic mass is 10.1. The fourth-order valence-corrected chi connectivity index (χ4v) is 2.83. The van der Waals surface area contributed by atoms with Gasteiger partial charge in [-0.25, -0.2) is 0 Å². The lowest BCUT2D eigenvalue weighted by Gasteiger charge is -2.32. The predicted octanol–water partition coefficient (Wildman–Crippen LogP) is 1.64. The number of likely N-dealkylation sites (N-methyl/N-ethyl adjacent to an activating group) is 1. The second-order valence-corrected chi connectivity index (χ2v) is 6.22. The first-order valence-electron chi connectivity index (χ1n) is 7.47. The summed E-state index contributed by atoms with van der Waals surface area (Å²) in [5.41, 5.74) is 8.52. The standard InChI is InChI=1S/C16H21N5S/c1-20-6-8-21(9-7-20)11-14-3-2-12-10-13(19-16(17)22)4-5-15(12)18-14/h2-5,10H,6-9,11H2,1H3,(H3,17,19,22). The molecule has 2 aromatic rings. The lowest BCUT2D eigenvalue weighted by molar-refractivity contribution is 0.147. The fourth-order valence-electron chi connectivity index (χ4n) is 2.71. The van der Waals surface area contributed by atoms with E-state index in [0.717, 1.165) is 55.0 Å². The van der Waals surface area contributed by atoms with Gasteiger partial charge in [0.1, 0.15) is 0 Å². The minimum Gasteiger partial charge on any atom is -0.376 e. The highest BCUT2D eigenvalue weighted by atomic mass is 32.1. The van der Waals surface area contributed by atoms with E-state index in [1.165, 1.54) is 0 Å². The molecule has 1 aromatic carbocycles. The molecule has 0 radical (unpaired) electrons.